The maximum absolute atomic E-state index is 13.1. The van der Waals surface area contributed by atoms with Gasteiger partial charge in [0.25, 0.3) is 0 Å². The van der Waals surface area contributed by atoms with Crippen molar-refractivity contribution in [1.29, 1.82) is 0 Å². The molecule has 0 bridgehead atoms. The number of anilines is 1. The lowest BCUT2D eigenvalue weighted by Gasteiger charge is -2.31. The maximum atomic E-state index is 13.1. The number of benzene rings is 2. The summed E-state index contributed by atoms with van der Waals surface area (Å²) in [6.45, 7) is 1.62. The van der Waals surface area contributed by atoms with Crippen molar-refractivity contribution in [2.75, 3.05) is 18.4 Å². The minimum atomic E-state index is -0.462. The van der Waals surface area contributed by atoms with Gasteiger partial charge in [0.2, 0.25) is 11.8 Å². The zero-order chi connectivity index (χ0) is 17.6. The molecule has 1 aliphatic heterocycles. The van der Waals surface area contributed by atoms with E-state index < -0.39 is 11.9 Å². The second-order valence-electron chi connectivity index (χ2n) is 6.32. The summed E-state index contributed by atoms with van der Waals surface area (Å²) >= 11 is 0. The van der Waals surface area contributed by atoms with E-state index in [0.717, 1.165) is 37.2 Å². The van der Waals surface area contributed by atoms with Crippen LogP contribution in [0.3, 0.4) is 0 Å². The van der Waals surface area contributed by atoms with Crippen LogP contribution in [0.25, 0.3) is 0 Å². The molecule has 2 aromatic carbocycles. The van der Waals surface area contributed by atoms with Crippen molar-refractivity contribution in [2.45, 2.75) is 25.3 Å². The van der Waals surface area contributed by atoms with Crippen LogP contribution in [0.1, 0.15) is 41.2 Å². The Morgan fingerprint density at radius 1 is 0.920 bits per heavy atom. The minimum absolute atomic E-state index is 0.0878. The highest BCUT2D eigenvalue weighted by molar-refractivity contribution is 5.93. The molecule has 5 heteroatoms. The summed E-state index contributed by atoms with van der Waals surface area (Å²) in [7, 11) is 0. The van der Waals surface area contributed by atoms with Gasteiger partial charge in [-0.2, -0.15) is 0 Å². The fourth-order valence-corrected chi connectivity index (χ4v) is 3.13. The number of nitrogens with one attached hydrogen (secondary N) is 1. The van der Waals surface area contributed by atoms with Crippen molar-refractivity contribution in [2.24, 2.45) is 5.73 Å². The molecule has 1 unspecified atom stereocenters. The fraction of sp³-hybridized carbons (Fsp3) is 0.300. The van der Waals surface area contributed by atoms with Crippen molar-refractivity contribution >= 4 is 17.5 Å². The molecule has 5 nitrogen and oxygen atoms in total. The van der Waals surface area contributed by atoms with Crippen LogP contribution in [0, 0.1) is 0 Å². The second kappa shape index (κ2) is 7.83. The van der Waals surface area contributed by atoms with Crippen LogP contribution in [0.2, 0.25) is 0 Å². The molecule has 1 aliphatic rings. The summed E-state index contributed by atoms with van der Waals surface area (Å²) < 4.78 is 0. The van der Waals surface area contributed by atoms with Crippen LogP contribution in [0.4, 0.5) is 5.69 Å². The van der Waals surface area contributed by atoms with Crippen molar-refractivity contribution < 1.29 is 9.59 Å². The van der Waals surface area contributed by atoms with E-state index in [4.69, 9.17) is 5.73 Å². The third kappa shape index (κ3) is 4.18. The van der Waals surface area contributed by atoms with E-state index in [-0.39, 0.29) is 5.91 Å². The number of hydrogen-bond acceptors (Lipinski definition) is 3. The van der Waals surface area contributed by atoms with Crippen molar-refractivity contribution in [3.63, 3.8) is 0 Å². The van der Waals surface area contributed by atoms with E-state index in [9.17, 15) is 9.59 Å². The monoisotopic (exact) mass is 337 g/mol. The quantitative estimate of drug-likeness (QED) is 0.881. The molecule has 130 valence electrons. The van der Waals surface area contributed by atoms with Crippen molar-refractivity contribution in [3.8, 4) is 0 Å². The van der Waals surface area contributed by atoms with Crippen LogP contribution < -0.4 is 11.1 Å². The van der Waals surface area contributed by atoms with Gasteiger partial charge in [0.15, 0.2) is 0 Å². The molecule has 1 saturated heterocycles. The average molecular weight is 337 g/mol. The lowest BCUT2D eigenvalue weighted by Crippen LogP contribution is -2.41. The van der Waals surface area contributed by atoms with Gasteiger partial charge in [-0.3, -0.25) is 9.59 Å². The van der Waals surface area contributed by atoms with Crippen LogP contribution in [-0.4, -0.2) is 29.8 Å². The average Bonchev–Trinajstić information content (AvgIpc) is 2.67. The molecule has 1 fully saturated rings. The number of likely N-dealkylation sites (tertiary alicyclic amines) is 1. The number of nitrogens with zero attached hydrogens (tertiary/aromatic N) is 1. The van der Waals surface area contributed by atoms with Crippen molar-refractivity contribution in [3.05, 3.63) is 65.7 Å². The number of amides is 2. The van der Waals surface area contributed by atoms with Gasteiger partial charge in [0, 0.05) is 24.3 Å². The number of piperidine rings is 1. The molecule has 0 radical (unpaired) electrons. The van der Waals surface area contributed by atoms with Gasteiger partial charge < -0.3 is 16.0 Å². The Morgan fingerprint density at radius 2 is 1.56 bits per heavy atom. The molecule has 1 heterocycles. The van der Waals surface area contributed by atoms with E-state index in [1.165, 1.54) is 6.42 Å². The molecule has 3 N–H and O–H groups in total. The molecule has 25 heavy (non-hydrogen) atoms. The van der Waals surface area contributed by atoms with Crippen LogP contribution in [-0.2, 0) is 4.79 Å². The number of hydrogen-bond donors (Lipinski definition) is 2. The molecular weight excluding hydrogens is 314 g/mol. The molecule has 2 amide bonds. The molecule has 0 spiro atoms. The van der Waals surface area contributed by atoms with Crippen LogP contribution >= 0.6 is 0 Å². The minimum Gasteiger partial charge on any atom is -0.370 e. The first-order chi connectivity index (χ1) is 12.1. The van der Waals surface area contributed by atoms with Gasteiger partial charge in [-0.15, -0.1) is 0 Å². The number of carbonyl (C=O) groups is 2. The van der Waals surface area contributed by atoms with E-state index >= 15 is 0 Å². The topological polar surface area (TPSA) is 75.4 Å². The molecule has 0 saturated carbocycles. The summed E-state index contributed by atoms with van der Waals surface area (Å²) in [5.74, 6) is -0.375. The fourth-order valence-electron chi connectivity index (χ4n) is 3.13. The number of carbonyl (C=O) groups excluding carboxylic acids is 2. The largest absolute Gasteiger partial charge is 0.370 e. The Morgan fingerprint density at radius 3 is 2.16 bits per heavy atom. The Hall–Kier alpha value is -2.82. The summed E-state index contributed by atoms with van der Waals surface area (Å²) in [5.41, 5.74) is 7.44. The van der Waals surface area contributed by atoms with Crippen LogP contribution in [0.5, 0.6) is 0 Å². The Bertz CT molecular complexity index is 722. The van der Waals surface area contributed by atoms with E-state index in [2.05, 4.69) is 5.32 Å². The van der Waals surface area contributed by atoms with E-state index in [1.54, 1.807) is 24.3 Å². The summed E-state index contributed by atoms with van der Waals surface area (Å²) in [5, 5.41) is 3.32. The first kappa shape index (κ1) is 17.0. The van der Waals surface area contributed by atoms with Gasteiger partial charge in [-0.05, 0) is 49.1 Å². The Labute approximate surface area is 147 Å². The SMILES string of the molecule is NC(=O)c1ccc(NC(C(=O)N2CCCCC2)c2ccccc2)cc1. The third-order valence-corrected chi connectivity index (χ3v) is 4.53. The zero-order valence-electron chi connectivity index (χ0n) is 14.2. The highest BCUT2D eigenvalue weighted by atomic mass is 16.2. The molecule has 1 atom stereocenters. The standard InChI is InChI=1S/C20H23N3O2/c21-19(24)16-9-11-17(12-10-16)22-18(15-7-3-1-4-8-15)20(25)23-13-5-2-6-14-23/h1,3-4,7-12,18,22H,2,5-6,13-14H2,(H2,21,24). The Balaban J connectivity index is 1.83. The maximum Gasteiger partial charge on any atom is 0.249 e. The van der Waals surface area contributed by atoms with Crippen LogP contribution in [0.15, 0.2) is 54.6 Å². The lowest BCUT2D eigenvalue weighted by molar-refractivity contribution is -0.133. The first-order valence-electron chi connectivity index (χ1n) is 8.65. The Kier molecular flexibility index (Phi) is 5.33. The number of rotatable bonds is 5. The predicted octanol–water partition coefficient (Wildman–Crippen LogP) is 2.95. The van der Waals surface area contributed by atoms with Gasteiger partial charge in [-0.1, -0.05) is 30.3 Å². The van der Waals surface area contributed by atoms with Crippen molar-refractivity contribution in [1.82, 2.24) is 4.90 Å². The molecule has 2 aromatic rings. The number of primary amides is 1. The molecule has 3 rings (SSSR count). The zero-order valence-corrected chi connectivity index (χ0v) is 14.2. The van der Waals surface area contributed by atoms with Gasteiger partial charge >= 0.3 is 0 Å². The predicted molar refractivity (Wildman–Crippen MR) is 98.2 cm³/mol. The highest BCUT2D eigenvalue weighted by Gasteiger charge is 2.26. The third-order valence-electron chi connectivity index (χ3n) is 4.53. The normalized spacial score (nSPS) is 15.4. The number of nitrogens with two attached hydrogens (primary N) is 1. The smallest absolute Gasteiger partial charge is 0.249 e. The van der Waals surface area contributed by atoms with Gasteiger partial charge in [0.05, 0.1) is 0 Å². The summed E-state index contributed by atoms with van der Waals surface area (Å²) in [6, 6.07) is 16.2. The van der Waals surface area contributed by atoms with Gasteiger partial charge in [-0.25, -0.2) is 0 Å². The van der Waals surface area contributed by atoms with E-state index in [0.29, 0.717) is 5.56 Å². The second-order valence-corrected chi connectivity index (χ2v) is 6.32. The molecule has 0 aromatic heterocycles. The lowest BCUT2D eigenvalue weighted by atomic mass is 10.0. The van der Waals surface area contributed by atoms with E-state index in [1.807, 2.05) is 35.2 Å². The molecule has 0 aliphatic carbocycles. The molecular formula is C20H23N3O2. The van der Waals surface area contributed by atoms with Gasteiger partial charge in [0.1, 0.15) is 6.04 Å². The summed E-state index contributed by atoms with van der Waals surface area (Å²) in [4.78, 5) is 26.2. The highest BCUT2D eigenvalue weighted by Crippen LogP contribution is 2.24. The summed E-state index contributed by atoms with van der Waals surface area (Å²) in [6.07, 6.45) is 3.29. The first-order valence-corrected chi connectivity index (χ1v) is 8.65.